The van der Waals surface area contributed by atoms with E-state index in [0.717, 1.165) is 30.6 Å². The van der Waals surface area contributed by atoms with Crippen molar-refractivity contribution in [2.75, 3.05) is 0 Å². The van der Waals surface area contributed by atoms with Gasteiger partial charge >= 0.3 is 5.97 Å². The van der Waals surface area contributed by atoms with Crippen molar-refractivity contribution in [1.29, 1.82) is 0 Å². The molecule has 1 N–H and O–H groups in total. The summed E-state index contributed by atoms with van der Waals surface area (Å²) < 4.78 is 5.18. The number of esters is 1. The van der Waals surface area contributed by atoms with Crippen molar-refractivity contribution in [3.63, 3.8) is 0 Å². The molecule has 2 rings (SSSR count). The van der Waals surface area contributed by atoms with E-state index < -0.39 is 12.1 Å². The SMILES string of the molecule is Cc1ccc(C(=O)CCC(=O)O[C@@H](C)C(=O)NC2CCCCCC2)s1. The van der Waals surface area contributed by atoms with Gasteiger partial charge in [0.05, 0.1) is 11.3 Å². The number of aryl methyl sites for hydroxylation is 1. The maximum atomic E-state index is 12.2. The predicted molar refractivity (Wildman–Crippen MR) is 97.8 cm³/mol. The van der Waals surface area contributed by atoms with Crippen LogP contribution in [0.5, 0.6) is 0 Å². The first-order valence-electron chi connectivity index (χ1n) is 9.05. The number of hydrogen-bond donors (Lipinski definition) is 1. The van der Waals surface area contributed by atoms with Gasteiger partial charge in [0.2, 0.25) is 0 Å². The molecule has 1 atom stereocenters. The number of ether oxygens (including phenoxy) is 1. The second kappa shape index (κ2) is 9.70. The summed E-state index contributed by atoms with van der Waals surface area (Å²) in [6, 6.07) is 3.84. The van der Waals surface area contributed by atoms with E-state index in [4.69, 9.17) is 4.74 Å². The summed E-state index contributed by atoms with van der Waals surface area (Å²) in [6.07, 6.45) is 5.94. The Labute approximate surface area is 153 Å². The van der Waals surface area contributed by atoms with E-state index in [1.54, 1.807) is 13.0 Å². The average molecular weight is 365 g/mol. The van der Waals surface area contributed by atoms with Crippen LogP contribution in [0.3, 0.4) is 0 Å². The third-order valence-electron chi connectivity index (χ3n) is 4.45. The quantitative estimate of drug-likeness (QED) is 0.453. The van der Waals surface area contributed by atoms with E-state index in [0.29, 0.717) is 4.88 Å². The molecule has 1 aliphatic rings. The summed E-state index contributed by atoms with van der Waals surface area (Å²) in [5, 5.41) is 2.98. The summed E-state index contributed by atoms with van der Waals surface area (Å²) in [6.45, 7) is 3.51. The summed E-state index contributed by atoms with van der Waals surface area (Å²) >= 11 is 1.42. The molecule has 0 saturated heterocycles. The van der Waals surface area contributed by atoms with E-state index >= 15 is 0 Å². The van der Waals surface area contributed by atoms with Crippen molar-refractivity contribution in [1.82, 2.24) is 5.32 Å². The number of ketones is 1. The molecule has 25 heavy (non-hydrogen) atoms. The second-order valence-corrected chi connectivity index (χ2v) is 7.95. The third kappa shape index (κ3) is 6.61. The van der Waals surface area contributed by atoms with Gasteiger partial charge in [0.1, 0.15) is 0 Å². The Balaban J connectivity index is 1.71. The van der Waals surface area contributed by atoms with Crippen LogP contribution in [0.25, 0.3) is 0 Å². The number of hydrogen-bond acceptors (Lipinski definition) is 5. The summed E-state index contributed by atoms with van der Waals surface area (Å²) in [5.41, 5.74) is 0. The smallest absolute Gasteiger partial charge is 0.307 e. The maximum Gasteiger partial charge on any atom is 0.307 e. The average Bonchev–Trinajstić information content (AvgIpc) is 2.85. The lowest BCUT2D eigenvalue weighted by molar-refractivity contribution is -0.155. The van der Waals surface area contributed by atoms with Crippen molar-refractivity contribution in [3.8, 4) is 0 Å². The Hall–Kier alpha value is -1.69. The van der Waals surface area contributed by atoms with E-state index in [9.17, 15) is 14.4 Å². The number of carbonyl (C=O) groups excluding carboxylic acids is 3. The molecule has 5 nitrogen and oxygen atoms in total. The van der Waals surface area contributed by atoms with Crippen molar-refractivity contribution < 1.29 is 19.1 Å². The number of carbonyl (C=O) groups is 3. The Kier molecular flexibility index (Phi) is 7.62. The van der Waals surface area contributed by atoms with Gasteiger partial charge in [-0.3, -0.25) is 14.4 Å². The Bertz CT molecular complexity index is 602. The Morgan fingerprint density at radius 3 is 2.44 bits per heavy atom. The lowest BCUT2D eigenvalue weighted by Crippen LogP contribution is -2.41. The highest BCUT2D eigenvalue weighted by atomic mass is 32.1. The fraction of sp³-hybridized carbons (Fsp3) is 0.632. The van der Waals surface area contributed by atoms with Gasteiger partial charge in [-0.1, -0.05) is 25.7 Å². The maximum absolute atomic E-state index is 12.2. The van der Waals surface area contributed by atoms with Gasteiger partial charge in [0.25, 0.3) is 5.91 Å². The summed E-state index contributed by atoms with van der Waals surface area (Å²) in [7, 11) is 0. The number of rotatable bonds is 7. The lowest BCUT2D eigenvalue weighted by Gasteiger charge is -2.19. The lowest BCUT2D eigenvalue weighted by atomic mass is 10.1. The first kappa shape index (κ1) is 19.6. The van der Waals surface area contributed by atoms with Gasteiger partial charge in [-0.25, -0.2) is 0 Å². The molecule has 0 bridgehead atoms. The third-order valence-corrected chi connectivity index (χ3v) is 5.49. The molecular formula is C19H27NO4S. The van der Waals surface area contributed by atoms with Crippen LogP contribution in [0, 0.1) is 6.92 Å². The number of thiophene rings is 1. The zero-order valence-electron chi connectivity index (χ0n) is 15.0. The minimum Gasteiger partial charge on any atom is -0.453 e. The molecule has 1 aliphatic carbocycles. The molecule has 0 radical (unpaired) electrons. The first-order chi connectivity index (χ1) is 12.0. The molecule has 6 heteroatoms. The van der Waals surface area contributed by atoms with Crippen LogP contribution in [0.15, 0.2) is 12.1 Å². The van der Waals surface area contributed by atoms with Gasteiger partial charge in [-0.05, 0) is 38.8 Å². The molecule has 0 unspecified atom stereocenters. The molecule has 138 valence electrons. The van der Waals surface area contributed by atoms with Gasteiger partial charge in [0, 0.05) is 17.3 Å². The summed E-state index contributed by atoms with van der Waals surface area (Å²) in [4.78, 5) is 37.8. The largest absolute Gasteiger partial charge is 0.453 e. The van der Waals surface area contributed by atoms with Crippen LogP contribution in [-0.2, 0) is 14.3 Å². The number of nitrogens with one attached hydrogen (secondary N) is 1. The van der Waals surface area contributed by atoms with E-state index in [1.807, 2.05) is 13.0 Å². The number of Topliss-reactive ketones (excluding diaryl/α,β-unsaturated/α-hetero) is 1. The zero-order chi connectivity index (χ0) is 18.2. The van der Waals surface area contributed by atoms with Crippen molar-refractivity contribution in [2.24, 2.45) is 0 Å². The highest BCUT2D eigenvalue weighted by Gasteiger charge is 2.22. The molecular weight excluding hydrogens is 338 g/mol. The van der Waals surface area contributed by atoms with Crippen molar-refractivity contribution in [3.05, 3.63) is 21.9 Å². The van der Waals surface area contributed by atoms with Crippen molar-refractivity contribution >= 4 is 29.0 Å². The van der Waals surface area contributed by atoms with Crippen LogP contribution >= 0.6 is 11.3 Å². The molecule has 1 amide bonds. The molecule has 1 aromatic rings. The molecule has 1 fully saturated rings. The Morgan fingerprint density at radius 2 is 1.84 bits per heavy atom. The standard InChI is InChI=1S/C19H27NO4S/c1-13-9-11-17(25-13)16(21)10-12-18(22)24-14(2)19(23)20-15-7-5-3-4-6-8-15/h9,11,14-15H,3-8,10,12H2,1-2H3,(H,20,23)/t14-/m0/s1. The van der Waals surface area contributed by atoms with E-state index in [-0.39, 0.29) is 30.6 Å². The predicted octanol–water partition coefficient (Wildman–Crippen LogP) is 3.79. The van der Waals surface area contributed by atoms with Crippen LogP contribution in [0.2, 0.25) is 0 Å². The van der Waals surface area contributed by atoms with Crippen LogP contribution in [0.1, 0.15) is 72.8 Å². The molecule has 1 saturated carbocycles. The van der Waals surface area contributed by atoms with Crippen LogP contribution < -0.4 is 5.32 Å². The normalized spacial score (nSPS) is 16.7. The topological polar surface area (TPSA) is 72.5 Å². The van der Waals surface area contributed by atoms with Gasteiger partial charge < -0.3 is 10.1 Å². The van der Waals surface area contributed by atoms with E-state index in [1.165, 1.54) is 24.2 Å². The first-order valence-corrected chi connectivity index (χ1v) is 9.87. The molecule has 0 spiro atoms. The molecule has 1 heterocycles. The highest BCUT2D eigenvalue weighted by molar-refractivity contribution is 7.14. The minimum atomic E-state index is -0.824. The monoisotopic (exact) mass is 365 g/mol. The van der Waals surface area contributed by atoms with Crippen LogP contribution in [-0.4, -0.2) is 29.8 Å². The fourth-order valence-corrected chi connectivity index (χ4v) is 3.81. The minimum absolute atomic E-state index is 0.00315. The number of amides is 1. The molecule has 1 aromatic heterocycles. The molecule has 0 aromatic carbocycles. The Morgan fingerprint density at radius 1 is 1.16 bits per heavy atom. The highest BCUT2D eigenvalue weighted by Crippen LogP contribution is 2.18. The summed E-state index contributed by atoms with van der Waals surface area (Å²) in [5.74, 6) is -0.823. The molecule has 0 aliphatic heterocycles. The van der Waals surface area contributed by atoms with Gasteiger partial charge in [0.15, 0.2) is 11.9 Å². The second-order valence-electron chi connectivity index (χ2n) is 6.66. The van der Waals surface area contributed by atoms with Gasteiger partial charge in [-0.15, -0.1) is 11.3 Å². The fourth-order valence-electron chi connectivity index (χ4n) is 2.98. The van der Waals surface area contributed by atoms with Crippen molar-refractivity contribution in [2.45, 2.75) is 77.4 Å². The van der Waals surface area contributed by atoms with Crippen LogP contribution in [0.4, 0.5) is 0 Å². The van der Waals surface area contributed by atoms with Gasteiger partial charge in [-0.2, -0.15) is 0 Å². The van der Waals surface area contributed by atoms with E-state index in [2.05, 4.69) is 5.32 Å². The zero-order valence-corrected chi connectivity index (χ0v) is 15.8.